The second-order valence-corrected chi connectivity index (χ2v) is 6.14. The molecule has 0 unspecified atom stereocenters. The molecule has 0 fully saturated rings. The highest BCUT2D eigenvalue weighted by Crippen LogP contribution is 2.19. The van der Waals surface area contributed by atoms with Crippen molar-refractivity contribution in [3.05, 3.63) is 78.1 Å². The molecule has 1 heterocycles. The Morgan fingerprint density at radius 2 is 1.72 bits per heavy atom. The first-order valence-corrected chi connectivity index (χ1v) is 8.67. The highest BCUT2D eigenvalue weighted by molar-refractivity contribution is 7.98. The molecule has 0 saturated heterocycles. The maximum absolute atomic E-state index is 12.3. The number of thioether (sulfide) groups is 1. The Hall–Kier alpha value is -2.86. The van der Waals surface area contributed by atoms with Crippen LogP contribution in [0.3, 0.4) is 0 Å². The second-order valence-electron chi connectivity index (χ2n) is 5.20. The van der Waals surface area contributed by atoms with Crippen LogP contribution >= 0.6 is 11.8 Å². The molecule has 2 aromatic carbocycles. The molecule has 25 heavy (non-hydrogen) atoms. The van der Waals surface area contributed by atoms with E-state index in [1.165, 1.54) is 0 Å². The fraction of sp³-hybridized carbons (Fsp3) is 0.105. The SMILES string of the molecule is COc1ccc(NC(=O)c2ccc(CSc3ncccn3)cc2)cc1. The Labute approximate surface area is 150 Å². The van der Waals surface area contributed by atoms with Crippen molar-refractivity contribution in [3.8, 4) is 5.75 Å². The minimum Gasteiger partial charge on any atom is -0.497 e. The molecule has 0 bridgehead atoms. The highest BCUT2D eigenvalue weighted by Gasteiger charge is 2.07. The van der Waals surface area contributed by atoms with Gasteiger partial charge in [-0.1, -0.05) is 23.9 Å². The van der Waals surface area contributed by atoms with Crippen LogP contribution in [0.1, 0.15) is 15.9 Å². The van der Waals surface area contributed by atoms with E-state index in [-0.39, 0.29) is 5.91 Å². The van der Waals surface area contributed by atoms with Crippen molar-refractivity contribution in [2.45, 2.75) is 10.9 Å². The number of nitrogens with zero attached hydrogens (tertiary/aromatic N) is 2. The number of nitrogens with one attached hydrogen (secondary N) is 1. The van der Waals surface area contributed by atoms with Crippen LogP contribution in [-0.2, 0) is 5.75 Å². The molecule has 3 aromatic rings. The molecular weight excluding hydrogens is 334 g/mol. The first-order chi connectivity index (χ1) is 12.2. The number of carbonyl (C=O) groups is 1. The third-order valence-corrected chi connectivity index (χ3v) is 4.42. The summed E-state index contributed by atoms with van der Waals surface area (Å²) in [5.41, 5.74) is 2.45. The Morgan fingerprint density at radius 3 is 2.36 bits per heavy atom. The van der Waals surface area contributed by atoms with Crippen molar-refractivity contribution in [3.63, 3.8) is 0 Å². The van der Waals surface area contributed by atoms with Gasteiger partial charge in [-0.05, 0) is 48.0 Å². The summed E-state index contributed by atoms with van der Waals surface area (Å²) in [5.74, 6) is 1.36. The first kappa shape index (κ1) is 17.0. The maximum atomic E-state index is 12.3. The van der Waals surface area contributed by atoms with E-state index < -0.39 is 0 Å². The lowest BCUT2D eigenvalue weighted by molar-refractivity contribution is 0.102. The molecule has 1 aromatic heterocycles. The van der Waals surface area contributed by atoms with E-state index in [0.29, 0.717) is 5.56 Å². The van der Waals surface area contributed by atoms with Gasteiger partial charge in [0.1, 0.15) is 5.75 Å². The fourth-order valence-electron chi connectivity index (χ4n) is 2.14. The van der Waals surface area contributed by atoms with Crippen molar-refractivity contribution < 1.29 is 9.53 Å². The van der Waals surface area contributed by atoms with Crippen LogP contribution in [0.15, 0.2) is 72.1 Å². The van der Waals surface area contributed by atoms with Crippen molar-refractivity contribution in [2.75, 3.05) is 12.4 Å². The van der Waals surface area contributed by atoms with Crippen LogP contribution < -0.4 is 10.1 Å². The molecule has 1 N–H and O–H groups in total. The average Bonchev–Trinajstić information content (AvgIpc) is 2.68. The van der Waals surface area contributed by atoms with Gasteiger partial charge in [-0.15, -0.1) is 0 Å². The molecule has 0 aliphatic carbocycles. The minimum atomic E-state index is -0.143. The van der Waals surface area contributed by atoms with E-state index in [0.717, 1.165) is 27.9 Å². The lowest BCUT2D eigenvalue weighted by Gasteiger charge is -2.07. The third kappa shape index (κ3) is 4.81. The molecule has 5 nitrogen and oxygen atoms in total. The summed E-state index contributed by atoms with van der Waals surface area (Å²) in [6.45, 7) is 0. The summed E-state index contributed by atoms with van der Waals surface area (Å²) >= 11 is 1.56. The second kappa shape index (κ2) is 8.30. The maximum Gasteiger partial charge on any atom is 0.255 e. The van der Waals surface area contributed by atoms with E-state index in [2.05, 4.69) is 15.3 Å². The van der Waals surface area contributed by atoms with E-state index in [1.54, 1.807) is 37.3 Å². The zero-order valence-electron chi connectivity index (χ0n) is 13.7. The van der Waals surface area contributed by atoms with Crippen LogP contribution in [0, 0.1) is 0 Å². The first-order valence-electron chi connectivity index (χ1n) is 7.69. The number of carbonyl (C=O) groups excluding carboxylic acids is 1. The molecule has 0 aliphatic heterocycles. The van der Waals surface area contributed by atoms with Gasteiger partial charge in [0.05, 0.1) is 7.11 Å². The van der Waals surface area contributed by atoms with E-state index in [4.69, 9.17) is 4.74 Å². The fourth-order valence-corrected chi connectivity index (χ4v) is 2.90. The molecule has 1 amide bonds. The Morgan fingerprint density at radius 1 is 1.04 bits per heavy atom. The van der Waals surface area contributed by atoms with Crippen LogP contribution in [0.4, 0.5) is 5.69 Å². The van der Waals surface area contributed by atoms with Gasteiger partial charge in [-0.2, -0.15) is 0 Å². The molecule has 0 atom stereocenters. The summed E-state index contributed by atoms with van der Waals surface area (Å²) in [4.78, 5) is 20.6. The third-order valence-electron chi connectivity index (χ3n) is 3.47. The molecule has 126 valence electrons. The number of amides is 1. The number of rotatable bonds is 6. The van der Waals surface area contributed by atoms with Crippen LogP contribution in [-0.4, -0.2) is 23.0 Å². The monoisotopic (exact) mass is 351 g/mol. The summed E-state index contributed by atoms with van der Waals surface area (Å²) in [6.07, 6.45) is 3.45. The molecule has 0 spiro atoms. The Kier molecular flexibility index (Phi) is 5.64. The van der Waals surface area contributed by atoms with Gasteiger partial charge < -0.3 is 10.1 Å². The number of ether oxygens (including phenoxy) is 1. The predicted molar refractivity (Wildman–Crippen MR) is 99.0 cm³/mol. The Balaban J connectivity index is 1.58. The lowest BCUT2D eigenvalue weighted by Crippen LogP contribution is -2.11. The van der Waals surface area contributed by atoms with Gasteiger partial charge in [-0.3, -0.25) is 4.79 Å². The van der Waals surface area contributed by atoms with Gasteiger partial charge in [0.2, 0.25) is 0 Å². The van der Waals surface area contributed by atoms with E-state index in [1.807, 2.05) is 48.5 Å². The zero-order valence-corrected chi connectivity index (χ0v) is 14.5. The van der Waals surface area contributed by atoms with Crippen LogP contribution in [0.2, 0.25) is 0 Å². The van der Waals surface area contributed by atoms with Gasteiger partial charge in [-0.25, -0.2) is 9.97 Å². The van der Waals surface area contributed by atoms with Gasteiger partial charge in [0.15, 0.2) is 5.16 Å². The van der Waals surface area contributed by atoms with E-state index in [9.17, 15) is 4.79 Å². The summed E-state index contributed by atoms with van der Waals surface area (Å²) < 4.78 is 5.10. The number of anilines is 1. The zero-order chi connectivity index (χ0) is 17.5. The number of aromatic nitrogens is 2. The average molecular weight is 351 g/mol. The van der Waals surface area contributed by atoms with Crippen molar-refractivity contribution in [2.24, 2.45) is 0 Å². The van der Waals surface area contributed by atoms with Crippen molar-refractivity contribution in [1.29, 1.82) is 0 Å². The summed E-state index contributed by atoms with van der Waals surface area (Å²) in [7, 11) is 1.61. The molecule has 0 saturated carbocycles. The molecule has 3 rings (SSSR count). The quantitative estimate of drug-likeness (QED) is 0.536. The molecular formula is C19H17N3O2S. The minimum absolute atomic E-state index is 0.143. The van der Waals surface area contributed by atoms with Crippen molar-refractivity contribution >= 4 is 23.4 Å². The van der Waals surface area contributed by atoms with Gasteiger partial charge >= 0.3 is 0 Å². The molecule has 0 aliphatic rings. The van der Waals surface area contributed by atoms with Crippen LogP contribution in [0.25, 0.3) is 0 Å². The number of benzene rings is 2. The van der Waals surface area contributed by atoms with Crippen LogP contribution in [0.5, 0.6) is 5.75 Å². The van der Waals surface area contributed by atoms with Crippen molar-refractivity contribution in [1.82, 2.24) is 9.97 Å². The van der Waals surface area contributed by atoms with Gasteiger partial charge in [0.25, 0.3) is 5.91 Å². The topological polar surface area (TPSA) is 64.1 Å². The standard InChI is InChI=1S/C19H17N3O2S/c1-24-17-9-7-16(8-10-17)22-18(23)15-5-3-14(4-6-15)13-25-19-20-11-2-12-21-19/h2-12H,13H2,1H3,(H,22,23). The lowest BCUT2D eigenvalue weighted by atomic mass is 10.1. The predicted octanol–water partition coefficient (Wildman–Crippen LogP) is 4.03. The highest BCUT2D eigenvalue weighted by atomic mass is 32.2. The van der Waals surface area contributed by atoms with Gasteiger partial charge in [0, 0.05) is 29.4 Å². The summed E-state index contributed by atoms with van der Waals surface area (Å²) in [5, 5.41) is 3.61. The normalized spacial score (nSPS) is 10.3. The largest absolute Gasteiger partial charge is 0.497 e. The Bertz CT molecular complexity index is 822. The number of hydrogen-bond donors (Lipinski definition) is 1. The molecule has 6 heteroatoms. The van der Waals surface area contributed by atoms with E-state index >= 15 is 0 Å². The number of methoxy groups -OCH3 is 1. The smallest absolute Gasteiger partial charge is 0.255 e. The molecule has 0 radical (unpaired) electrons. The summed E-state index contributed by atoms with van der Waals surface area (Å²) in [6, 6.07) is 16.5. The number of hydrogen-bond acceptors (Lipinski definition) is 5.